The van der Waals surface area contributed by atoms with Crippen LogP contribution in [0.3, 0.4) is 0 Å². The monoisotopic (exact) mass is 343 g/mol. The fraction of sp³-hybridized carbons (Fsp3) is 0.368. The summed E-state index contributed by atoms with van der Waals surface area (Å²) in [6.07, 6.45) is 4.03. The lowest BCUT2D eigenvalue weighted by Gasteiger charge is -2.23. The molecule has 1 N–H and O–H groups in total. The summed E-state index contributed by atoms with van der Waals surface area (Å²) in [5, 5.41) is 3.46. The molecule has 0 radical (unpaired) electrons. The lowest BCUT2D eigenvalue weighted by atomic mass is 9.96. The second kappa shape index (κ2) is 5.88. The van der Waals surface area contributed by atoms with Gasteiger partial charge in [0.25, 0.3) is 0 Å². The van der Waals surface area contributed by atoms with E-state index in [-0.39, 0.29) is 11.9 Å². The van der Waals surface area contributed by atoms with Crippen molar-refractivity contribution in [1.29, 1.82) is 0 Å². The third-order valence-electron chi connectivity index (χ3n) is 5.27. The highest BCUT2D eigenvalue weighted by Crippen LogP contribution is 2.39. The lowest BCUT2D eigenvalue weighted by molar-refractivity contribution is -0.131. The Morgan fingerprint density at radius 2 is 1.92 bits per heavy atom. The van der Waals surface area contributed by atoms with Crippen molar-refractivity contribution in [2.45, 2.75) is 30.8 Å². The first-order valence-corrected chi connectivity index (χ1v) is 8.43. The van der Waals surface area contributed by atoms with Crippen LogP contribution in [0.15, 0.2) is 36.5 Å². The molecule has 2 fully saturated rings. The number of likely N-dealkylation sites (N-methyl/N-ethyl adjacent to an activating group) is 1. The van der Waals surface area contributed by atoms with Gasteiger partial charge in [0.1, 0.15) is 17.2 Å². The number of likely N-dealkylation sites (tertiary alicyclic amines) is 1. The maximum absolute atomic E-state index is 13.5. The first-order valence-electron chi connectivity index (χ1n) is 8.43. The minimum Gasteiger partial charge on any atom is -0.344 e. The van der Waals surface area contributed by atoms with E-state index in [0.29, 0.717) is 11.1 Å². The summed E-state index contributed by atoms with van der Waals surface area (Å²) in [5.41, 5.74) is 1.50. The molecule has 2 atom stereocenters. The number of pyridine rings is 1. The molecule has 25 heavy (non-hydrogen) atoms. The molecule has 4 nitrogen and oxygen atoms in total. The Labute approximate surface area is 144 Å². The molecule has 0 saturated carbocycles. The molecule has 1 aromatic carbocycles. The molecular formula is C19H19F2N3O. The van der Waals surface area contributed by atoms with Crippen molar-refractivity contribution >= 4 is 5.91 Å². The average Bonchev–Trinajstić information content (AvgIpc) is 3.14. The number of hydrogen-bond acceptors (Lipinski definition) is 3. The maximum Gasteiger partial charge on any atom is 0.242 e. The fourth-order valence-electron chi connectivity index (χ4n) is 3.93. The highest BCUT2D eigenvalue weighted by molar-refractivity contribution is 5.88. The number of hydrogen-bond donors (Lipinski definition) is 1. The van der Waals surface area contributed by atoms with Gasteiger partial charge in [0, 0.05) is 25.9 Å². The van der Waals surface area contributed by atoms with Crippen LogP contribution in [0.25, 0.3) is 11.1 Å². The Bertz CT molecular complexity index is 821. The molecule has 6 heteroatoms. The molecular weight excluding hydrogens is 324 g/mol. The van der Waals surface area contributed by atoms with Crippen molar-refractivity contribution in [2.24, 2.45) is 0 Å². The first kappa shape index (κ1) is 16.1. The standard InChI is InChI=1S/C19H19F2N3O/c1-24-7-5-19(18(24)25)4-2-16(23-19)17-10-12(3-6-22-17)13-8-14(20)11-15(21)9-13/h3,6,8-11,16,23H,2,4-5,7H2,1H3. The quantitative estimate of drug-likeness (QED) is 0.912. The number of nitrogens with zero attached hydrogens (tertiary/aromatic N) is 2. The number of benzene rings is 1. The zero-order valence-electron chi connectivity index (χ0n) is 13.9. The summed E-state index contributed by atoms with van der Waals surface area (Å²) in [4.78, 5) is 18.6. The third-order valence-corrected chi connectivity index (χ3v) is 5.27. The summed E-state index contributed by atoms with van der Waals surface area (Å²) in [6.45, 7) is 0.759. The van der Waals surface area contributed by atoms with Crippen molar-refractivity contribution in [3.05, 3.63) is 53.9 Å². The summed E-state index contributed by atoms with van der Waals surface area (Å²) in [6, 6.07) is 7.01. The van der Waals surface area contributed by atoms with Crippen LogP contribution in [0.1, 0.15) is 31.0 Å². The largest absolute Gasteiger partial charge is 0.344 e. The zero-order valence-corrected chi connectivity index (χ0v) is 13.9. The topological polar surface area (TPSA) is 45.2 Å². The highest BCUT2D eigenvalue weighted by Gasteiger charge is 2.50. The van der Waals surface area contributed by atoms with Gasteiger partial charge in [-0.15, -0.1) is 0 Å². The number of halogens is 2. The Balaban J connectivity index is 1.61. The van der Waals surface area contributed by atoms with Crippen LogP contribution in [-0.4, -0.2) is 34.9 Å². The molecule has 0 aliphatic carbocycles. The van der Waals surface area contributed by atoms with Gasteiger partial charge < -0.3 is 4.90 Å². The van der Waals surface area contributed by atoms with Gasteiger partial charge in [0.15, 0.2) is 0 Å². The highest BCUT2D eigenvalue weighted by atomic mass is 19.1. The summed E-state index contributed by atoms with van der Waals surface area (Å²) in [7, 11) is 1.82. The van der Waals surface area contributed by atoms with E-state index in [1.165, 1.54) is 12.1 Å². The molecule has 2 aromatic rings. The summed E-state index contributed by atoms with van der Waals surface area (Å²) in [5.74, 6) is -1.07. The van der Waals surface area contributed by atoms with E-state index < -0.39 is 17.2 Å². The molecule has 2 aliphatic rings. The van der Waals surface area contributed by atoms with Crippen LogP contribution in [0.2, 0.25) is 0 Å². The van der Waals surface area contributed by atoms with Crippen LogP contribution in [0.5, 0.6) is 0 Å². The second-order valence-electron chi connectivity index (χ2n) is 6.92. The number of rotatable bonds is 2. The number of aromatic nitrogens is 1. The molecule has 1 amide bonds. The van der Waals surface area contributed by atoms with Crippen molar-refractivity contribution < 1.29 is 13.6 Å². The number of carbonyl (C=O) groups excluding carboxylic acids is 1. The van der Waals surface area contributed by atoms with Crippen molar-refractivity contribution in [3.63, 3.8) is 0 Å². The maximum atomic E-state index is 13.5. The minimum atomic E-state index is -0.606. The van der Waals surface area contributed by atoms with Crippen molar-refractivity contribution in [2.75, 3.05) is 13.6 Å². The van der Waals surface area contributed by atoms with Crippen LogP contribution in [-0.2, 0) is 4.79 Å². The Morgan fingerprint density at radius 3 is 2.60 bits per heavy atom. The van der Waals surface area contributed by atoms with E-state index in [2.05, 4.69) is 10.3 Å². The summed E-state index contributed by atoms with van der Waals surface area (Å²) >= 11 is 0. The predicted octanol–water partition coefficient (Wildman–Crippen LogP) is 3.05. The molecule has 1 aromatic heterocycles. The van der Waals surface area contributed by atoms with E-state index in [1.54, 1.807) is 17.2 Å². The molecule has 4 rings (SSSR count). The minimum absolute atomic E-state index is 0.0335. The van der Waals surface area contributed by atoms with Crippen molar-refractivity contribution in [1.82, 2.24) is 15.2 Å². The van der Waals surface area contributed by atoms with Gasteiger partial charge in [-0.3, -0.25) is 15.1 Å². The molecule has 2 saturated heterocycles. The SMILES string of the molecule is CN1CCC2(CCC(c3cc(-c4cc(F)cc(F)c4)ccn3)N2)C1=O. The van der Waals surface area contributed by atoms with Gasteiger partial charge in [-0.25, -0.2) is 8.78 Å². The van der Waals surface area contributed by atoms with E-state index in [1.807, 2.05) is 13.1 Å². The van der Waals surface area contributed by atoms with E-state index in [4.69, 9.17) is 0 Å². The molecule has 0 bridgehead atoms. The van der Waals surface area contributed by atoms with Gasteiger partial charge in [0.05, 0.1) is 11.7 Å². The lowest BCUT2D eigenvalue weighted by Crippen LogP contribution is -2.47. The average molecular weight is 343 g/mol. The van der Waals surface area contributed by atoms with E-state index in [0.717, 1.165) is 37.6 Å². The molecule has 130 valence electrons. The van der Waals surface area contributed by atoms with Crippen LogP contribution in [0, 0.1) is 11.6 Å². The first-order chi connectivity index (χ1) is 12.0. The van der Waals surface area contributed by atoms with Crippen LogP contribution < -0.4 is 5.32 Å². The molecule has 2 aliphatic heterocycles. The number of amides is 1. The van der Waals surface area contributed by atoms with E-state index >= 15 is 0 Å². The molecule has 1 spiro atoms. The zero-order chi connectivity index (χ0) is 17.6. The normalized spacial score (nSPS) is 26.0. The third kappa shape index (κ3) is 2.80. The number of carbonyl (C=O) groups is 1. The summed E-state index contributed by atoms with van der Waals surface area (Å²) < 4.78 is 27.0. The Hall–Kier alpha value is -2.34. The van der Waals surface area contributed by atoms with Crippen LogP contribution >= 0.6 is 0 Å². The van der Waals surface area contributed by atoms with Crippen molar-refractivity contribution in [3.8, 4) is 11.1 Å². The molecule has 3 heterocycles. The Kier molecular flexibility index (Phi) is 3.80. The predicted molar refractivity (Wildman–Crippen MR) is 89.7 cm³/mol. The van der Waals surface area contributed by atoms with E-state index in [9.17, 15) is 13.6 Å². The fourth-order valence-corrected chi connectivity index (χ4v) is 3.93. The van der Waals surface area contributed by atoms with Gasteiger partial charge in [-0.05, 0) is 54.7 Å². The van der Waals surface area contributed by atoms with Gasteiger partial charge in [-0.2, -0.15) is 0 Å². The smallest absolute Gasteiger partial charge is 0.242 e. The van der Waals surface area contributed by atoms with Gasteiger partial charge >= 0.3 is 0 Å². The molecule has 2 unspecified atom stereocenters. The number of nitrogens with one attached hydrogen (secondary N) is 1. The van der Waals surface area contributed by atoms with Crippen LogP contribution in [0.4, 0.5) is 8.78 Å². The Morgan fingerprint density at radius 1 is 1.16 bits per heavy atom. The van der Waals surface area contributed by atoms with Gasteiger partial charge in [0.2, 0.25) is 5.91 Å². The second-order valence-corrected chi connectivity index (χ2v) is 6.92. The van der Waals surface area contributed by atoms with Gasteiger partial charge in [-0.1, -0.05) is 0 Å².